The minimum Gasteiger partial charge on any atom is -0.480 e. The molecule has 0 bridgehead atoms. The first-order valence-corrected chi connectivity index (χ1v) is 17.9. The zero-order valence-corrected chi connectivity index (χ0v) is 31.2. The zero-order chi connectivity index (χ0) is 42.3. The number of nitrogens with one attached hydrogen (secondary N) is 11. The van der Waals surface area contributed by atoms with Crippen LogP contribution in [-0.2, 0) is 62.4 Å². The number of amides is 8. The van der Waals surface area contributed by atoms with Gasteiger partial charge >= 0.3 is 5.97 Å². The van der Waals surface area contributed by atoms with Crippen molar-refractivity contribution in [3.63, 3.8) is 0 Å². The molecular weight excluding hydrogens is 766 g/mol. The average Bonchev–Trinajstić information content (AvgIpc) is 4.01. The lowest BCUT2D eigenvalue weighted by Crippen LogP contribution is -2.51. The second kappa shape index (κ2) is 24.4. The highest BCUT2D eigenvalue weighted by molar-refractivity contribution is 5.92. The molecule has 0 aromatic carbocycles. The van der Waals surface area contributed by atoms with E-state index >= 15 is 0 Å². The summed E-state index contributed by atoms with van der Waals surface area (Å²) in [6.45, 7) is -1.78. The van der Waals surface area contributed by atoms with Crippen LogP contribution in [0.25, 0.3) is 0 Å². The van der Waals surface area contributed by atoms with Gasteiger partial charge in [-0.1, -0.05) is 0 Å². The SMILES string of the molecule is NCC(=O)NCCC(=O)N[C@@H](Cc1cnc[nH]1)C(=O)NCCC(=O)N[C@@H](Cc1cnc[nH]1)C(=O)NCCC(=O)N[C@@H](Cc1cnc[nH]1)C(=O)NCC(=O)NCC(=O)O. The highest BCUT2D eigenvalue weighted by Crippen LogP contribution is 2.03. The molecule has 0 aliphatic rings. The van der Waals surface area contributed by atoms with Crippen molar-refractivity contribution in [3.8, 4) is 0 Å². The molecule has 0 aliphatic carbocycles. The monoisotopic (exact) mass is 813 g/mol. The van der Waals surface area contributed by atoms with Crippen molar-refractivity contribution in [1.29, 1.82) is 0 Å². The van der Waals surface area contributed by atoms with E-state index in [1.165, 1.54) is 37.6 Å². The molecule has 3 aromatic rings. The Balaban J connectivity index is 1.51. The van der Waals surface area contributed by atoms with Gasteiger partial charge in [-0.2, -0.15) is 0 Å². The minimum atomic E-state index is -1.27. The summed E-state index contributed by atoms with van der Waals surface area (Å²) in [5.74, 6) is -6.21. The molecule has 14 N–H and O–H groups in total. The molecule has 0 saturated heterocycles. The number of carbonyl (C=O) groups excluding carboxylic acids is 8. The van der Waals surface area contributed by atoms with E-state index in [-0.39, 0.29) is 64.7 Å². The van der Waals surface area contributed by atoms with Gasteiger partial charge < -0.3 is 68.3 Å². The lowest BCUT2D eigenvalue weighted by Gasteiger charge is -2.20. The van der Waals surface area contributed by atoms with Crippen molar-refractivity contribution in [2.75, 3.05) is 39.3 Å². The van der Waals surface area contributed by atoms with Gasteiger partial charge in [-0.3, -0.25) is 43.2 Å². The number of aromatic nitrogens is 6. The van der Waals surface area contributed by atoms with E-state index < -0.39 is 84.4 Å². The number of hydrogen-bond acceptors (Lipinski definition) is 13. The predicted molar refractivity (Wildman–Crippen MR) is 198 cm³/mol. The third-order valence-corrected chi connectivity index (χ3v) is 7.91. The first-order chi connectivity index (χ1) is 27.8. The number of aromatic amines is 3. The second-order valence-electron chi connectivity index (χ2n) is 12.5. The van der Waals surface area contributed by atoms with E-state index in [1.807, 2.05) is 0 Å². The minimum absolute atomic E-state index is 0.00732. The van der Waals surface area contributed by atoms with Crippen molar-refractivity contribution in [1.82, 2.24) is 72.4 Å². The molecule has 3 aromatic heterocycles. The molecule has 25 nitrogen and oxygen atoms in total. The number of nitrogens with two attached hydrogens (primary N) is 1. The van der Waals surface area contributed by atoms with Crippen LogP contribution in [0, 0.1) is 0 Å². The third kappa shape index (κ3) is 17.5. The largest absolute Gasteiger partial charge is 0.480 e. The van der Waals surface area contributed by atoms with Crippen LogP contribution < -0.4 is 48.3 Å². The summed E-state index contributed by atoms with van der Waals surface area (Å²) >= 11 is 0. The fourth-order valence-corrected chi connectivity index (χ4v) is 5.04. The Morgan fingerprint density at radius 2 is 0.897 bits per heavy atom. The fraction of sp³-hybridized carbons (Fsp3) is 0.455. The Kier molecular flexibility index (Phi) is 19.0. The van der Waals surface area contributed by atoms with Gasteiger partial charge in [0.15, 0.2) is 0 Å². The van der Waals surface area contributed by atoms with Crippen molar-refractivity contribution in [2.24, 2.45) is 5.73 Å². The third-order valence-electron chi connectivity index (χ3n) is 7.91. The fourth-order valence-electron chi connectivity index (χ4n) is 5.04. The van der Waals surface area contributed by atoms with Gasteiger partial charge in [-0.05, 0) is 0 Å². The van der Waals surface area contributed by atoms with E-state index in [4.69, 9.17) is 10.8 Å². The number of hydrogen-bond donors (Lipinski definition) is 13. The first kappa shape index (κ1) is 45.2. The van der Waals surface area contributed by atoms with Crippen molar-refractivity contribution < 1.29 is 48.3 Å². The van der Waals surface area contributed by atoms with Gasteiger partial charge in [0.05, 0.1) is 32.1 Å². The van der Waals surface area contributed by atoms with Gasteiger partial charge in [-0.15, -0.1) is 0 Å². The molecule has 0 aliphatic heterocycles. The van der Waals surface area contributed by atoms with Crippen LogP contribution in [0.4, 0.5) is 0 Å². The predicted octanol–water partition coefficient (Wildman–Crippen LogP) is -5.87. The van der Waals surface area contributed by atoms with E-state index in [0.29, 0.717) is 17.1 Å². The maximum absolute atomic E-state index is 13.2. The summed E-state index contributed by atoms with van der Waals surface area (Å²) in [5, 5.41) is 28.5. The summed E-state index contributed by atoms with van der Waals surface area (Å²) in [5.41, 5.74) is 6.80. The number of aliphatic carboxylic acids is 1. The van der Waals surface area contributed by atoms with E-state index in [9.17, 15) is 43.2 Å². The molecule has 3 rings (SSSR count). The van der Waals surface area contributed by atoms with Gasteiger partial charge in [0.2, 0.25) is 47.3 Å². The Bertz CT molecular complexity index is 1820. The molecular formula is C33H47N15O10. The Morgan fingerprint density at radius 3 is 1.24 bits per heavy atom. The molecule has 58 heavy (non-hydrogen) atoms. The van der Waals surface area contributed by atoms with Crippen molar-refractivity contribution >= 4 is 53.2 Å². The molecule has 0 fully saturated rings. The topological polar surface area (TPSA) is 382 Å². The van der Waals surface area contributed by atoms with E-state index in [2.05, 4.69) is 72.4 Å². The molecule has 8 amide bonds. The standard InChI is InChI=1S/C33H47N15O10/c34-10-28(52)38-4-1-25(49)46-22(7-19-11-35-16-43-19)31(56)39-5-2-26(50)47-23(8-20-12-36-17-44-20)32(57)40-6-3-27(51)48-24(9-21-13-37-18-45-21)33(58)42-14-29(53)41-15-30(54)55/h11-13,16-18,22-24H,1-10,14-15,34H2,(H,35,43)(H,36,44)(H,37,45)(H,38,52)(H,39,56)(H,40,57)(H,41,53)(H,42,58)(H,46,49)(H,47,50)(H,48,51)(H,54,55)/t22-,23-,24-/m0/s1. The summed E-state index contributed by atoms with van der Waals surface area (Å²) in [4.78, 5) is 132. The molecule has 3 heterocycles. The van der Waals surface area contributed by atoms with E-state index in [1.54, 1.807) is 0 Å². The Labute approximate surface area is 330 Å². The molecule has 0 saturated carbocycles. The van der Waals surface area contributed by atoms with Crippen LogP contribution in [0.3, 0.4) is 0 Å². The molecule has 3 atom stereocenters. The van der Waals surface area contributed by atoms with Crippen LogP contribution in [0.1, 0.15) is 36.3 Å². The van der Waals surface area contributed by atoms with Crippen LogP contribution >= 0.6 is 0 Å². The number of imidazole rings is 3. The van der Waals surface area contributed by atoms with Crippen LogP contribution in [0.5, 0.6) is 0 Å². The zero-order valence-electron chi connectivity index (χ0n) is 31.2. The smallest absolute Gasteiger partial charge is 0.322 e. The maximum Gasteiger partial charge on any atom is 0.322 e. The van der Waals surface area contributed by atoms with Crippen LogP contribution in [-0.4, -0.2) is 146 Å². The Hall–Kier alpha value is -7.18. The summed E-state index contributed by atoms with van der Waals surface area (Å²) in [6.07, 6.45) is 7.90. The lowest BCUT2D eigenvalue weighted by atomic mass is 10.1. The van der Waals surface area contributed by atoms with Crippen molar-refractivity contribution in [3.05, 3.63) is 54.7 Å². The Morgan fingerprint density at radius 1 is 0.517 bits per heavy atom. The van der Waals surface area contributed by atoms with Gasteiger partial charge in [0.1, 0.15) is 24.7 Å². The highest BCUT2D eigenvalue weighted by atomic mass is 16.4. The molecule has 0 radical (unpaired) electrons. The van der Waals surface area contributed by atoms with Crippen LogP contribution in [0.15, 0.2) is 37.6 Å². The second-order valence-corrected chi connectivity index (χ2v) is 12.5. The number of carboxylic acids is 1. The van der Waals surface area contributed by atoms with E-state index in [0.717, 1.165) is 0 Å². The van der Waals surface area contributed by atoms with Gasteiger partial charge in [0.25, 0.3) is 0 Å². The highest BCUT2D eigenvalue weighted by Gasteiger charge is 2.26. The first-order valence-electron chi connectivity index (χ1n) is 17.9. The van der Waals surface area contributed by atoms with Crippen LogP contribution in [0.2, 0.25) is 0 Å². The lowest BCUT2D eigenvalue weighted by molar-refractivity contribution is -0.138. The summed E-state index contributed by atoms with van der Waals surface area (Å²) in [6, 6.07) is -3.36. The number of H-pyrrole nitrogens is 3. The van der Waals surface area contributed by atoms with Crippen molar-refractivity contribution in [2.45, 2.75) is 56.7 Å². The maximum atomic E-state index is 13.2. The van der Waals surface area contributed by atoms with Gasteiger partial charge in [0, 0.05) is 93.8 Å². The summed E-state index contributed by atoms with van der Waals surface area (Å²) < 4.78 is 0. The number of carboxylic acid groups (broad SMARTS) is 1. The normalized spacial score (nSPS) is 12.2. The molecule has 0 spiro atoms. The molecule has 0 unspecified atom stereocenters. The molecule has 314 valence electrons. The molecule has 25 heteroatoms. The quantitative estimate of drug-likeness (QED) is 0.0359. The average molecular weight is 814 g/mol. The number of rotatable bonds is 26. The number of carbonyl (C=O) groups is 9. The van der Waals surface area contributed by atoms with Gasteiger partial charge in [-0.25, -0.2) is 15.0 Å². The number of nitrogens with zero attached hydrogens (tertiary/aromatic N) is 3. The summed E-state index contributed by atoms with van der Waals surface area (Å²) in [7, 11) is 0.